The topological polar surface area (TPSA) is 52.3 Å². The maximum absolute atomic E-state index is 14.4. The van der Waals surface area contributed by atoms with Crippen molar-refractivity contribution in [2.75, 3.05) is 6.61 Å². The molecule has 0 amide bonds. The molecule has 6 heteroatoms. The van der Waals surface area contributed by atoms with Crippen LogP contribution in [0.4, 0.5) is 4.39 Å². The standard InChI is InChI=1S/C22H23FN4O/c23-19-8-9-20-17(11-12-28-20)16(19)7-10-21-24-13-18(22-26-25-14-27(21)22)15-5-3-1-2-4-6-15/h5,8-9,13-14H,1-4,6-7,10-12H2. The first-order valence-electron chi connectivity index (χ1n) is 10.1. The molecule has 0 N–H and O–H groups in total. The summed E-state index contributed by atoms with van der Waals surface area (Å²) in [6.07, 6.45) is 13.8. The molecule has 3 heterocycles. The van der Waals surface area contributed by atoms with Gasteiger partial charge in [-0.1, -0.05) is 12.5 Å². The van der Waals surface area contributed by atoms with Gasteiger partial charge in [-0.3, -0.25) is 4.40 Å². The van der Waals surface area contributed by atoms with Crippen LogP contribution in [-0.2, 0) is 19.3 Å². The lowest BCUT2D eigenvalue weighted by atomic mass is 9.99. The fourth-order valence-corrected chi connectivity index (χ4v) is 4.36. The first kappa shape index (κ1) is 17.3. The molecule has 1 aliphatic carbocycles. The van der Waals surface area contributed by atoms with Gasteiger partial charge in [0.1, 0.15) is 23.7 Å². The summed E-state index contributed by atoms with van der Waals surface area (Å²) < 4.78 is 22.0. The van der Waals surface area contributed by atoms with Crippen LogP contribution in [0.5, 0.6) is 5.75 Å². The zero-order chi connectivity index (χ0) is 18.9. The highest BCUT2D eigenvalue weighted by atomic mass is 19.1. The van der Waals surface area contributed by atoms with Crippen LogP contribution in [0.25, 0.3) is 11.2 Å². The van der Waals surface area contributed by atoms with Crippen molar-refractivity contribution in [2.45, 2.75) is 51.4 Å². The molecule has 0 unspecified atom stereocenters. The Morgan fingerprint density at radius 2 is 2.07 bits per heavy atom. The molecule has 2 aliphatic rings. The monoisotopic (exact) mass is 378 g/mol. The number of ether oxygens (including phenoxy) is 1. The summed E-state index contributed by atoms with van der Waals surface area (Å²) in [6.45, 7) is 0.629. The summed E-state index contributed by atoms with van der Waals surface area (Å²) in [5.41, 5.74) is 4.98. The number of rotatable bonds is 4. The molecule has 28 heavy (non-hydrogen) atoms. The molecule has 0 fully saturated rings. The number of hydrogen-bond donors (Lipinski definition) is 0. The molecule has 2 aromatic heterocycles. The summed E-state index contributed by atoms with van der Waals surface area (Å²) in [6, 6.07) is 3.23. The van der Waals surface area contributed by atoms with E-state index in [1.165, 1.54) is 30.9 Å². The largest absolute Gasteiger partial charge is 0.493 e. The minimum absolute atomic E-state index is 0.163. The van der Waals surface area contributed by atoms with Gasteiger partial charge in [0.25, 0.3) is 0 Å². The van der Waals surface area contributed by atoms with Gasteiger partial charge in [0.2, 0.25) is 0 Å². The molecular weight excluding hydrogens is 355 g/mol. The zero-order valence-electron chi connectivity index (χ0n) is 15.8. The first-order valence-corrected chi connectivity index (χ1v) is 10.1. The summed E-state index contributed by atoms with van der Waals surface area (Å²) in [5, 5.41) is 8.48. The van der Waals surface area contributed by atoms with E-state index in [0.717, 1.165) is 53.2 Å². The second kappa shape index (κ2) is 7.34. The van der Waals surface area contributed by atoms with Crippen LogP contribution in [0.3, 0.4) is 0 Å². The van der Waals surface area contributed by atoms with E-state index in [1.54, 1.807) is 12.4 Å². The number of halogens is 1. The third-order valence-electron chi connectivity index (χ3n) is 5.84. The predicted octanol–water partition coefficient (Wildman–Crippen LogP) is 4.33. The van der Waals surface area contributed by atoms with E-state index in [1.807, 2.05) is 10.6 Å². The molecule has 0 atom stereocenters. The molecule has 1 aliphatic heterocycles. The lowest BCUT2D eigenvalue weighted by molar-refractivity contribution is 0.356. The van der Waals surface area contributed by atoms with Crippen molar-refractivity contribution < 1.29 is 9.13 Å². The van der Waals surface area contributed by atoms with Crippen molar-refractivity contribution in [3.8, 4) is 5.75 Å². The number of nitrogens with zero attached hydrogens (tertiary/aromatic N) is 4. The van der Waals surface area contributed by atoms with Crippen LogP contribution in [-0.4, -0.2) is 26.2 Å². The highest BCUT2D eigenvalue weighted by Gasteiger charge is 2.20. The number of fused-ring (bicyclic) bond motifs is 2. The maximum Gasteiger partial charge on any atom is 0.171 e. The number of aromatic nitrogens is 4. The van der Waals surface area contributed by atoms with Crippen LogP contribution >= 0.6 is 0 Å². The Balaban J connectivity index is 1.45. The van der Waals surface area contributed by atoms with Gasteiger partial charge in [0, 0.05) is 30.2 Å². The predicted molar refractivity (Wildman–Crippen MR) is 105 cm³/mol. The van der Waals surface area contributed by atoms with E-state index in [9.17, 15) is 4.39 Å². The van der Waals surface area contributed by atoms with Crippen LogP contribution in [0.2, 0.25) is 0 Å². The van der Waals surface area contributed by atoms with E-state index in [4.69, 9.17) is 9.72 Å². The summed E-state index contributed by atoms with van der Waals surface area (Å²) in [7, 11) is 0. The number of hydrogen-bond acceptors (Lipinski definition) is 4. The Morgan fingerprint density at radius 3 is 3.04 bits per heavy atom. The van der Waals surface area contributed by atoms with Crippen LogP contribution in [0, 0.1) is 5.82 Å². The van der Waals surface area contributed by atoms with E-state index >= 15 is 0 Å². The number of benzene rings is 1. The Bertz CT molecular complexity index is 1060. The fraction of sp³-hybridized carbons (Fsp3) is 0.409. The molecule has 0 bridgehead atoms. The zero-order valence-corrected chi connectivity index (χ0v) is 15.8. The minimum atomic E-state index is -0.163. The van der Waals surface area contributed by atoms with Gasteiger partial charge in [-0.15, -0.1) is 10.2 Å². The molecular formula is C22H23FN4O. The SMILES string of the molecule is Fc1ccc2c(c1CCc1ncc(C3=CCCCCC3)c3nncn13)CCO2. The van der Waals surface area contributed by atoms with Gasteiger partial charge in [-0.25, -0.2) is 9.37 Å². The third kappa shape index (κ3) is 3.07. The molecule has 1 aromatic carbocycles. The molecule has 0 radical (unpaired) electrons. The normalized spacial score (nSPS) is 16.5. The van der Waals surface area contributed by atoms with Crippen LogP contribution in [0.1, 0.15) is 54.6 Å². The van der Waals surface area contributed by atoms with Gasteiger partial charge in [0.05, 0.1) is 6.61 Å². The lowest BCUT2D eigenvalue weighted by Crippen LogP contribution is -2.07. The molecule has 0 saturated heterocycles. The van der Waals surface area contributed by atoms with Crippen molar-refractivity contribution in [3.63, 3.8) is 0 Å². The molecule has 3 aromatic rings. The first-order chi connectivity index (χ1) is 13.8. The van der Waals surface area contributed by atoms with Gasteiger partial charge >= 0.3 is 0 Å². The Morgan fingerprint density at radius 1 is 1.11 bits per heavy atom. The molecule has 5 nitrogen and oxygen atoms in total. The lowest BCUT2D eigenvalue weighted by Gasteiger charge is -2.11. The minimum Gasteiger partial charge on any atom is -0.493 e. The average molecular weight is 378 g/mol. The summed E-state index contributed by atoms with van der Waals surface area (Å²) >= 11 is 0. The Hall–Kier alpha value is -2.76. The summed E-state index contributed by atoms with van der Waals surface area (Å²) in [4.78, 5) is 4.71. The number of aryl methyl sites for hydroxylation is 1. The number of allylic oxidation sites excluding steroid dienone is 2. The van der Waals surface area contributed by atoms with Gasteiger partial charge < -0.3 is 4.74 Å². The third-order valence-corrected chi connectivity index (χ3v) is 5.84. The highest BCUT2D eigenvalue weighted by Crippen LogP contribution is 2.31. The van der Waals surface area contributed by atoms with Crippen molar-refractivity contribution in [2.24, 2.45) is 0 Å². The van der Waals surface area contributed by atoms with E-state index < -0.39 is 0 Å². The van der Waals surface area contributed by atoms with Crippen molar-refractivity contribution in [1.82, 2.24) is 19.6 Å². The molecule has 5 rings (SSSR count). The second-order valence-corrected chi connectivity index (χ2v) is 7.54. The van der Waals surface area contributed by atoms with E-state index in [0.29, 0.717) is 19.4 Å². The quantitative estimate of drug-likeness (QED) is 0.678. The van der Waals surface area contributed by atoms with Gasteiger partial charge in [0.15, 0.2) is 5.65 Å². The average Bonchev–Trinajstić information content (AvgIpc) is 3.31. The molecule has 0 spiro atoms. The Labute approximate surface area is 163 Å². The maximum atomic E-state index is 14.4. The van der Waals surface area contributed by atoms with Crippen molar-refractivity contribution in [1.29, 1.82) is 0 Å². The summed E-state index contributed by atoms with van der Waals surface area (Å²) in [5.74, 6) is 1.51. The highest BCUT2D eigenvalue weighted by molar-refractivity contribution is 5.75. The van der Waals surface area contributed by atoms with Gasteiger partial charge in [-0.2, -0.15) is 0 Å². The van der Waals surface area contributed by atoms with Crippen LogP contribution < -0.4 is 4.74 Å². The molecule has 144 valence electrons. The Kier molecular flexibility index (Phi) is 4.55. The van der Waals surface area contributed by atoms with Crippen molar-refractivity contribution >= 4 is 11.2 Å². The second-order valence-electron chi connectivity index (χ2n) is 7.54. The van der Waals surface area contributed by atoms with E-state index in [2.05, 4.69) is 16.3 Å². The molecule has 0 saturated carbocycles. The van der Waals surface area contributed by atoms with E-state index in [-0.39, 0.29) is 5.82 Å². The van der Waals surface area contributed by atoms with Gasteiger partial charge in [-0.05, 0) is 55.4 Å². The smallest absolute Gasteiger partial charge is 0.171 e. The van der Waals surface area contributed by atoms with Crippen molar-refractivity contribution in [3.05, 3.63) is 59.1 Å². The fourth-order valence-electron chi connectivity index (χ4n) is 4.36. The van der Waals surface area contributed by atoms with Crippen LogP contribution in [0.15, 0.2) is 30.7 Å².